The van der Waals surface area contributed by atoms with Gasteiger partial charge in [-0.1, -0.05) is 0 Å². The Hall–Kier alpha value is -1.34. The molecule has 18 heavy (non-hydrogen) atoms. The SMILES string of the molecule is CCNC(=O)c1cc(S(N)(=O)=O)cn1C1CCC1. The van der Waals surface area contributed by atoms with E-state index in [-0.39, 0.29) is 16.8 Å². The Morgan fingerprint density at radius 2 is 2.22 bits per heavy atom. The van der Waals surface area contributed by atoms with Crippen LogP contribution in [0.2, 0.25) is 0 Å². The summed E-state index contributed by atoms with van der Waals surface area (Å²) in [6.45, 7) is 2.31. The van der Waals surface area contributed by atoms with Crippen LogP contribution < -0.4 is 10.5 Å². The van der Waals surface area contributed by atoms with Crippen LogP contribution in [-0.4, -0.2) is 25.4 Å². The minimum absolute atomic E-state index is 0.00402. The molecular weight excluding hydrogens is 254 g/mol. The fraction of sp³-hybridized carbons (Fsp3) is 0.545. The zero-order valence-electron chi connectivity index (χ0n) is 10.2. The number of carbonyl (C=O) groups is 1. The molecule has 0 aliphatic heterocycles. The number of nitrogens with one attached hydrogen (secondary N) is 1. The fourth-order valence-corrected chi connectivity index (χ4v) is 2.55. The highest BCUT2D eigenvalue weighted by Gasteiger charge is 2.26. The van der Waals surface area contributed by atoms with Gasteiger partial charge in [-0.3, -0.25) is 4.79 Å². The Bertz CT molecular complexity index is 558. The molecule has 2 rings (SSSR count). The molecule has 1 heterocycles. The standard InChI is InChI=1S/C11H17N3O3S/c1-2-13-11(15)10-6-9(18(12,16)17)7-14(10)8-4-3-5-8/h6-8H,2-5H2,1H3,(H,13,15)(H2,12,16,17). The summed E-state index contributed by atoms with van der Waals surface area (Å²) in [6, 6.07) is 1.55. The number of hydrogen-bond acceptors (Lipinski definition) is 3. The van der Waals surface area contributed by atoms with Crippen molar-refractivity contribution in [3.63, 3.8) is 0 Å². The number of aromatic nitrogens is 1. The van der Waals surface area contributed by atoms with E-state index in [0.717, 1.165) is 19.3 Å². The van der Waals surface area contributed by atoms with Crippen LogP contribution in [0.15, 0.2) is 17.2 Å². The van der Waals surface area contributed by atoms with Crippen LogP contribution in [0.4, 0.5) is 0 Å². The Morgan fingerprint density at radius 3 is 2.67 bits per heavy atom. The molecule has 1 saturated carbocycles. The molecule has 1 fully saturated rings. The normalized spacial score (nSPS) is 16.3. The van der Waals surface area contributed by atoms with Gasteiger partial charge in [0, 0.05) is 18.8 Å². The van der Waals surface area contributed by atoms with E-state index in [1.807, 2.05) is 6.92 Å². The average molecular weight is 271 g/mol. The van der Waals surface area contributed by atoms with E-state index in [0.29, 0.717) is 12.2 Å². The minimum Gasteiger partial charge on any atom is -0.351 e. The zero-order chi connectivity index (χ0) is 13.3. The number of nitrogens with two attached hydrogens (primary N) is 1. The first-order chi connectivity index (χ1) is 8.43. The molecule has 0 unspecified atom stereocenters. The molecule has 1 amide bonds. The molecule has 1 aliphatic carbocycles. The highest BCUT2D eigenvalue weighted by Crippen LogP contribution is 2.34. The minimum atomic E-state index is -3.77. The van der Waals surface area contributed by atoms with E-state index in [4.69, 9.17) is 5.14 Å². The van der Waals surface area contributed by atoms with Crippen molar-refractivity contribution < 1.29 is 13.2 Å². The van der Waals surface area contributed by atoms with Crippen LogP contribution in [0.5, 0.6) is 0 Å². The lowest BCUT2D eigenvalue weighted by Crippen LogP contribution is -2.28. The molecule has 6 nitrogen and oxygen atoms in total. The Labute approximate surface area is 106 Å². The Morgan fingerprint density at radius 1 is 1.56 bits per heavy atom. The lowest BCUT2D eigenvalue weighted by molar-refractivity contribution is 0.0940. The number of primary sulfonamides is 1. The van der Waals surface area contributed by atoms with Gasteiger partial charge in [-0.05, 0) is 32.3 Å². The zero-order valence-corrected chi connectivity index (χ0v) is 11.0. The van der Waals surface area contributed by atoms with Crippen molar-refractivity contribution in [1.29, 1.82) is 0 Å². The summed E-state index contributed by atoms with van der Waals surface area (Å²) < 4.78 is 24.4. The molecule has 0 aromatic carbocycles. The summed E-state index contributed by atoms with van der Waals surface area (Å²) >= 11 is 0. The number of carbonyl (C=O) groups excluding carboxylic acids is 1. The van der Waals surface area contributed by atoms with Crippen LogP contribution in [-0.2, 0) is 10.0 Å². The fourth-order valence-electron chi connectivity index (χ4n) is 2.01. The van der Waals surface area contributed by atoms with E-state index in [2.05, 4.69) is 5.32 Å². The predicted molar refractivity (Wildman–Crippen MR) is 66.7 cm³/mol. The van der Waals surface area contributed by atoms with Gasteiger partial charge in [-0.2, -0.15) is 0 Å². The van der Waals surface area contributed by atoms with Crippen molar-refractivity contribution in [2.24, 2.45) is 5.14 Å². The molecule has 0 spiro atoms. The largest absolute Gasteiger partial charge is 0.351 e. The van der Waals surface area contributed by atoms with Gasteiger partial charge < -0.3 is 9.88 Å². The van der Waals surface area contributed by atoms with Crippen molar-refractivity contribution in [2.45, 2.75) is 37.1 Å². The van der Waals surface area contributed by atoms with Crippen molar-refractivity contribution in [1.82, 2.24) is 9.88 Å². The summed E-state index contributed by atoms with van der Waals surface area (Å²) in [5.74, 6) is -0.265. The monoisotopic (exact) mass is 271 g/mol. The Kier molecular flexibility index (Phi) is 3.45. The van der Waals surface area contributed by atoms with Gasteiger partial charge in [0.05, 0.1) is 0 Å². The average Bonchev–Trinajstić information content (AvgIpc) is 2.59. The highest BCUT2D eigenvalue weighted by atomic mass is 32.2. The molecule has 0 atom stereocenters. The summed E-state index contributed by atoms with van der Waals surface area (Å²) in [6.07, 6.45) is 4.49. The highest BCUT2D eigenvalue weighted by molar-refractivity contribution is 7.89. The lowest BCUT2D eigenvalue weighted by Gasteiger charge is -2.28. The number of sulfonamides is 1. The van der Waals surface area contributed by atoms with Crippen molar-refractivity contribution in [2.75, 3.05) is 6.54 Å². The molecule has 1 aromatic rings. The second kappa shape index (κ2) is 4.74. The van der Waals surface area contributed by atoms with Gasteiger partial charge in [0.1, 0.15) is 10.6 Å². The molecule has 3 N–H and O–H groups in total. The maximum Gasteiger partial charge on any atom is 0.267 e. The molecule has 100 valence electrons. The number of amides is 1. The summed E-state index contributed by atoms with van der Waals surface area (Å²) in [5, 5.41) is 7.77. The van der Waals surface area contributed by atoms with E-state index < -0.39 is 10.0 Å². The van der Waals surface area contributed by atoms with Crippen molar-refractivity contribution in [3.8, 4) is 0 Å². The third kappa shape index (κ3) is 2.41. The molecule has 7 heteroatoms. The van der Waals surface area contributed by atoms with E-state index in [1.165, 1.54) is 12.3 Å². The molecule has 0 radical (unpaired) electrons. The number of hydrogen-bond donors (Lipinski definition) is 2. The third-order valence-electron chi connectivity index (χ3n) is 3.19. The van der Waals surface area contributed by atoms with Gasteiger partial charge in [0.15, 0.2) is 0 Å². The first kappa shape index (κ1) is 13.1. The second-order valence-electron chi connectivity index (χ2n) is 4.46. The maximum absolute atomic E-state index is 11.9. The summed E-state index contributed by atoms with van der Waals surface area (Å²) in [4.78, 5) is 11.9. The predicted octanol–water partition coefficient (Wildman–Crippen LogP) is 0.610. The van der Waals surface area contributed by atoms with E-state index in [9.17, 15) is 13.2 Å². The third-order valence-corrected chi connectivity index (χ3v) is 4.07. The van der Waals surface area contributed by atoms with Crippen LogP contribution in [0.1, 0.15) is 42.7 Å². The molecule has 1 aliphatic rings. The van der Waals surface area contributed by atoms with E-state index in [1.54, 1.807) is 4.57 Å². The van der Waals surface area contributed by atoms with Gasteiger partial charge in [-0.15, -0.1) is 0 Å². The van der Waals surface area contributed by atoms with Gasteiger partial charge in [0.2, 0.25) is 10.0 Å². The van der Waals surface area contributed by atoms with E-state index >= 15 is 0 Å². The van der Waals surface area contributed by atoms with Crippen LogP contribution in [0.25, 0.3) is 0 Å². The molecular formula is C11H17N3O3S. The quantitative estimate of drug-likeness (QED) is 0.840. The van der Waals surface area contributed by atoms with Crippen LogP contribution in [0.3, 0.4) is 0 Å². The van der Waals surface area contributed by atoms with Crippen molar-refractivity contribution in [3.05, 3.63) is 18.0 Å². The topological polar surface area (TPSA) is 94.2 Å². The van der Waals surface area contributed by atoms with Crippen LogP contribution in [0, 0.1) is 0 Å². The smallest absolute Gasteiger partial charge is 0.267 e. The first-order valence-electron chi connectivity index (χ1n) is 5.96. The summed E-state index contributed by atoms with van der Waals surface area (Å²) in [7, 11) is -3.77. The van der Waals surface area contributed by atoms with Gasteiger partial charge in [-0.25, -0.2) is 13.6 Å². The summed E-state index contributed by atoms with van der Waals surface area (Å²) in [5.41, 5.74) is 0.366. The van der Waals surface area contributed by atoms with Gasteiger partial charge >= 0.3 is 0 Å². The van der Waals surface area contributed by atoms with Crippen molar-refractivity contribution >= 4 is 15.9 Å². The van der Waals surface area contributed by atoms with Crippen LogP contribution >= 0.6 is 0 Å². The molecule has 0 saturated heterocycles. The second-order valence-corrected chi connectivity index (χ2v) is 6.02. The lowest BCUT2D eigenvalue weighted by atomic mass is 9.93. The number of rotatable bonds is 4. The number of nitrogens with zero attached hydrogens (tertiary/aromatic N) is 1. The Balaban J connectivity index is 2.42. The maximum atomic E-state index is 11.9. The molecule has 1 aromatic heterocycles. The molecule has 0 bridgehead atoms. The first-order valence-corrected chi connectivity index (χ1v) is 7.51. The van der Waals surface area contributed by atoms with Gasteiger partial charge in [0.25, 0.3) is 5.91 Å².